The van der Waals surface area contributed by atoms with Crippen molar-refractivity contribution in [1.82, 2.24) is 14.0 Å². The highest BCUT2D eigenvalue weighted by Gasteiger charge is 2.16. The smallest absolute Gasteiger partial charge is 0.304 e. The number of hydrogen-bond acceptors (Lipinski definition) is 5. The summed E-state index contributed by atoms with van der Waals surface area (Å²) < 4.78 is 27.0. The van der Waals surface area contributed by atoms with Crippen LogP contribution in [0.2, 0.25) is 0 Å². The van der Waals surface area contributed by atoms with Gasteiger partial charge in [0.15, 0.2) is 0 Å². The summed E-state index contributed by atoms with van der Waals surface area (Å²) in [4.78, 5) is 13.2. The van der Waals surface area contributed by atoms with Gasteiger partial charge in [0.05, 0.1) is 6.54 Å². The number of aromatic amines is 1. The summed E-state index contributed by atoms with van der Waals surface area (Å²) in [6.45, 7) is 0.887. The zero-order valence-corrected chi connectivity index (χ0v) is 11.1. The number of H-pyrrole nitrogens is 1. The molecule has 0 spiro atoms. The molecule has 0 aliphatic rings. The monoisotopic (exact) mass is 280 g/mol. The van der Waals surface area contributed by atoms with Gasteiger partial charge in [-0.25, -0.2) is 0 Å². The Morgan fingerprint density at radius 2 is 2.29 bits per heavy atom. The molecular weight excluding hydrogens is 264 g/mol. The van der Waals surface area contributed by atoms with Crippen LogP contribution in [0, 0.1) is 0 Å². The molecule has 0 aromatic carbocycles. The van der Waals surface area contributed by atoms with E-state index in [1.54, 1.807) is 5.38 Å². The summed E-state index contributed by atoms with van der Waals surface area (Å²) in [5.74, 6) is 0. The topological polar surface area (TPSA) is 108 Å². The minimum Gasteiger partial charge on any atom is -0.330 e. The average molecular weight is 280 g/mol. The van der Waals surface area contributed by atoms with E-state index in [2.05, 4.69) is 9.71 Å². The van der Waals surface area contributed by atoms with Crippen LogP contribution in [0.25, 0.3) is 0 Å². The molecule has 0 radical (unpaired) electrons. The van der Waals surface area contributed by atoms with Crippen molar-refractivity contribution < 1.29 is 8.42 Å². The van der Waals surface area contributed by atoms with Crippen LogP contribution in [0.15, 0.2) is 10.2 Å². The van der Waals surface area contributed by atoms with Crippen LogP contribution < -0.4 is 15.3 Å². The van der Waals surface area contributed by atoms with Crippen molar-refractivity contribution in [3.63, 3.8) is 0 Å². The first kappa shape index (κ1) is 14.3. The number of hydrogen-bond donors (Lipinski definition) is 3. The Labute approximate surface area is 104 Å². The number of nitrogens with one attached hydrogen (secondary N) is 2. The second-order valence-corrected chi connectivity index (χ2v) is 6.17. The molecule has 0 aliphatic carbocycles. The Kier molecular flexibility index (Phi) is 5.28. The van der Waals surface area contributed by atoms with Gasteiger partial charge < -0.3 is 10.7 Å². The molecule has 0 bridgehead atoms. The lowest BCUT2D eigenvalue weighted by molar-refractivity contribution is 0.452. The standard InChI is InChI=1S/C8H16N4O3S2/c1-12(4-2-3-9)17(14,15)10-5-7-6-16-8(13)11-7/h6,10H,2-5,9H2,1H3,(H,11,13). The fourth-order valence-corrected chi connectivity index (χ4v) is 2.62. The van der Waals surface area contributed by atoms with Crippen molar-refractivity contribution in [2.45, 2.75) is 13.0 Å². The zero-order chi connectivity index (χ0) is 12.9. The number of nitrogens with zero attached hydrogens (tertiary/aromatic N) is 1. The third-order valence-corrected chi connectivity index (χ3v) is 4.33. The van der Waals surface area contributed by atoms with Crippen LogP contribution in [-0.4, -0.2) is 37.8 Å². The Hall–Kier alpha value is -0.740. The van der Waals surface area contributed by atoms with Crippen LogP contribution >= 0.6 is 11.3 Å². The molecule has 7 nitrogen and oxygen atoms in total. The Balaban J connectivity index is 2.52. The summed E-state index contributed by atoms with van der Waals surface area (Å²) in [6.07, 6.45) is 0.604. The van der Waals surface area contributed by atoms with Gasteiger partial charge in [0, 0.05) is 24.7 Å². The summed E-state index contributed by atoms with van der Waals surface area (Å²) >= 11 is 1.00. The van der Waals surface area contributed by atoms with Crippen LogP contribution in [0.3, 0.4) is 0 Å². The third-order valence-electron chi connectivity index (χ3n) is 2.10. The Morgan fingerprint density at radius 3 is 2.82 bits per heavy atom. The summed E-state index contributed by atoms with van der Waals surface area (Å²) in [6, 6.07) is 0. The van der Waals surface area contributed by atoms with Crippen LogP contribution in [-0.2, 0) is 16.8 Å². The van der Waals surface area contributed by atoms with Crippen molar-refractivity contribution in [1.29, 1.82) is 0 Å². The molecule has 1 rings (SSSR count). The van der Waals surface area contributed by atoms with Crippen molar-refractivity contribution >= 4 is 21.5 Å². The first-order chi connectivity index (χ1) is 7.95. The number of aromatic nitrogens is 1. The molecule has 9 heteroatoms. The summed E-state index contributed by atoms with van der Waals surface area (Å²) in [5, 5.41) is 1.59. The van der Waals surface area contributed by atoms with E-state index in [9.17, 15) is 13.2 Å². The maximum atomic E-state index is 11.7. The van der Waals surface area contributed by atoms with E-state index in [1.165, 1.54) is 11.4 Å². The van der Waals surface area contributed by atoms with Gasteiger partial charge in [-0.3, -0.25) is 4.79 Å². The highest BCUT2D eigenvalue weighted by Crippen LogP contribution is 1.99. The Bertz CT molecular complexity index is 493. The quantitative estimate of drug-likeness (QED) is 0.598. The molecule has 1 heterocycles. The fraction of sp³-hybridized carbons (Fsp3) is 0.625. The average Bonchev–Trinajstić information content (AvgIpc) is 2.69. The van der Waals surface area contributed by atoms with Crippen LogP contribution in [0.4, 0.5) is 0 Å². The summed E-state index contributed by atoms with van der Waals surface area (Å²) in [5.41, 5.74) is 5.86. The van der Waals surface area contributed by atoms with Crippen molar-refractivity contribution in [3.05, 3.63) is 20.7 Å². The molecule has 4 N–H and O–H groups in total. The SMILES string of the molecule is CN(CCCN)S(=O)(=O)NCc1csc(=O)[nH]1. The molecule has 1 aromatic heterocycles. The summed E-state index contributed by atoms with van der Waals surface area (Å²) in [7, 11) is -2.03. The number of nitrogens with two attached hydrogens (primary N) is 1. The highest BCUT2D eigenvalue weighted by molar-refractivity contribution is 7.87. The first-order valence-corrected chi connectivity index (χ1v) is 7.35. The van der Waals surface area contributed by atoms with Gasteiger partial charge in [0.25, 0.3) is 10.2 Å². The molecule has 0 aliphatic heterocycles. The van der Waals surface area contributed by atoms with E-state index in [4.69, 9.17) is 5.73 Å². The van der Waals surface area contributed by atoms with Gasteiger partial charge in [-0.1, -0.05) is 11.3 Å². The highest BCUT2D eigenvalue weighted by atomic mass is 32.2. The predicted octanol–water partition coefficient (Wildman–Crippen LogP) is -0.949. The predicted molar refractivity (Wildman–Crippen MR) is 67.0 cm³/mol. The molecule has 0 amide bonds. The van der Waals surface area contributed by atoms with E-state index in [0.29, 0.717) is 25.2 Å². The maximum Gasteiger partial charge on any atom is 0.304 e. The molecule has 17 heavy (non-hydrogen) atoms. The molecule has 98 valence electrons. The van der Waals surface area contributed by atoms with E-state index < -0.39 is 10.2 Å². The van der Waals surface area contributed by atoms with E-state index in [0.717, 1.165) is 11.3 Å². The minimum absolute atomic E-state index is 0.0774. The molecule has 0 fully saturated rings. The van der Waals surface area contributed by atoms with Crippen LogP contribution in [0.5, 0.6) is 0 Å². The Morgan fingerprint density at radius 1 is 1.59 bits per heavy atom. The molecule has 0 unspecified atom stereocenters. The van der Waals surface area contributed by atoms with Gasteiger partial charge in [0.2, 0.25) is 0 Å². The van der Waals surface area contributed by atoms with Crippen LogP contribution in [0.1, 0.15) is 12.1 Å². The van der Waals surface area contributed by atoms with Crippen molar-refractivity contribution in [3.8, 4) is 0 Å². The third kappa shape index (κ3) is 4.56. The molecule has 0 saturated carbocycles. The van der Waals surface area contributed by atoms with E-state index in [-0.39, 0.29) is 11.4 Å². The zero-order valence-electron chi connectivity index (χ0n) is 9.47. The second-order valence-electron chi connectivity index (χ2n) is 3.46. The lowest BCUT2D eigenvalue weighted by Gasteiger charge is -2.16. The lowest BCUT2D eigenvalue weighted by Crippen LogP contribution is -2.38. The molecular formula is C8H16N4O3S2. The number of thiazole rings is 1. The molecule has 1 aromatic rings. The maximum absolute atomic E-state index is 11.7. The second kappa shape index (κ2) is 6.26. The van der Waals surface area contributed by atoms with Gasteiger partial charge in [-0.15, -0.1) is 0 Å². The minimum atomic E-state index is -3.51. The number of rotatable bonds is 7. The van der Waals surface area contributed by atoms with Gasteiger partial charge in [-0.05, 0) is 13.0 Å². The normalized spacial score (nSPS) is 12.2. The first-order valence-electron chi connectivity index (χ1n) is 5.03. The molecule has 0 saturated heterocycles. The van der Waals surface area contributed by atoms with Crippen molar-refractivity contribution in [2.75, 3.05) is 20.1 Å². The van der Waals surface area contributed by atoms with Crippen molar-refractivity contribution in [2.24, 2.45) is 5.73 Å². The van der Waals surface area contributed by atoms with Gasteiger partial charge >= 0.3 is 4.87 Å². The van der Waals surface area contributed by atoms with Gasteiger partial charge in [-0.2, -0.15) is 17.4 Å². The molecule has 0 atom stereocenters. The fourth-order valence-electron chi connectivity index (χ4n) is 1.11. The van der Waals surface area contributed by atoms with E-state index in [1.807, 2.05) is 0 Å². The van der Waals surface area contributed by atoms with E-state index >= 15 is 0 Å². The lowest BCUT2D eigenvalue weighted by atomic mass is 10.4. The van der Waals surface area contributed by atoms with Gasteiger partial charge in [0.1, 0.15) is 0 Å². The largest absolute Gasteiger partial charge is 0.330 e.